The fourth-order valence-electron chi connectivity index (χ4n) is 2.17. The van der Waals surface area contributed by atoms with Crippen molar-refractivity contribution < 1.29 is 14.3 Å². The number of hydrogen-bond acceptors (Lipinski definition) is 4. The van der Waals surface area contributed by atoms with E-state index in [9.17, 15) is 9.59 Å². The van der Waals surface area contributed by atoms with Crippen molar-refractivity contribution in [2.24, 2.45) is 0 Å². The van der Waals surface area contributed by atoms with Crippen LogP contribution in [0.4, 0.5) is 5.69 Å². The molecule has 6 heteroatoms. The monoisotopic (exact) mass is 349 g/mol. The zero-order valence-electron chi connectivity index (χ0n) is 14.4. The van der Waals surface area contributed by atoms with Crippen LogP contribution >= 0.6 is 0 Å². The summed E-state index contributed by atoms with van der Waals surface area (Å²) in [6, 6.07) is 16.2. The Morgan fingerprint density at radius 3 is 2.65 bits per heavy atom. The number of ether oxygens (including phenoxy) is 1. The van der Waals surface area contributed by atoms with E-state index in [4.69, 9.17) is 10.00 Å². The highest BCUT2D eigenvalue weighted by atomic mass is 16.5. The second-order valence-electron chi connectivity index (χ2n) is 5.41. The number of nitriles is 1. The minimum absolute atomic E-state index is 0.197. The van der Waals surface area contributed by atoms with Crippen LogP contribution in [0.15, 0.2) is 54.6 Å². The van der Waals surface area contributed by atoms with Crippen molar-refractivity contribution in [1.29, 1.82) is 5.26 Å². The molecule has 0 radical (unpaired) electrons. The van der Waals surface area contributed by atoms with Crippen molar-refractivity contribution in [2.75, 3.05) is 12.4 Å². The lowest BCUT2D eigenvalue weighted by Crippen LogP contribution is -2.20. The Labute approximate surface area is 152 Å². The summed E-state index contributed by atoms with van der Waals surface area (Å²) >= 11 is 0. The number of rotatable bonds is 7. The number of carbonyl (C=O) groups excluding carboxylic acids is 2. The van der Waals surface area contributed by atoms with E-state index >= 15 is 0 Å². The predicted octanol–water partition coefficient (Wildman–Crippen LogP) is 2.88. The van der Waals surface area contributed by atoms with Gasteiger partial charge in [-0.3, -0.25) is 9.59 Å². The van der Waals surface area contributed by atoms with Crippen molar-refractivity contribution in [3.63, 3.8) is 0 Å². The summed E-state index contributed by atoms with van der Waals surface area (Å²) in [7, 11) is 1.60. The summed E-state index contributed by atoms with van der Waals surface area (Å²) in [5.41, 5.74) is 2.32. The predicted molar refractivity (Wildman–Crippen MR) is 99.2 cm³/mol. The second kappa shape index (κ2) is 9.64. The second-order valence-corrected chi connectivity index (χ2v) is 5.41. The maximum Gasteiger partial charge on any atom is 0.244 e. The minimum atomic E-state index is -0.365. The van der Waals surface area contributed by atoms with Gasteiger partial charge in [0.05, 0.1) is 13.2 Å². The topological polar surface area (TPSA) is 91.2 Å². The molecule has 0 unspecified atom stereocenters. The molecule has 0 aromatic heterocycles. The van der Waals surface area contributed by atoms with Crippen molar-refractivity contribution in [3.05, 3.63) is 65.7 Å². The third-order valence-corrected chi connectivity index (χ3v) is 3.46. The lowest BCUT2D eigenvalue weighted by atomic mass is 10.2. The van der Waals surface area contributed by atoms with Crippen LogP contribution < -0.4 is 15.4 Å². The molecule has 2 aromatic carbocycles. The van der Waals surface area contributed by atoms with Gasteiger partial charge in [-0.05, 0) is 41.5 Å². The van der Waals surface area contributed by atoms with Crippen LogP contribution in [-0.4, -0.2) is 18.9 Å². The highest BCUT2D eigenvalue weighted by molar-refractivity contribution is 5.92. The maximum atomic E-state index is 11.9. The smallest absolute Gasteiger partial charge is 0.244 e. The summed E-state index contributed by atoms with van der Waals surface area (Å²) in [6.07, 6.45) is 2.98. The van der Waals surface area contributed by atoms with E-state index in [0.717, 1.165) is 16.9 Å². The molecule has 0 atom stereocenters. The fourth-order valence-corrected chi connectivity index (χ4v) is 2.17. The standard InChI is InChI=1S/C20H19N3O3/c1-26-18-8-5-15(6-9-18)7-10-19(24)22-14-16-3-2-4-17(13-16)23-20(25)11-12-21/h2-10,13H,11,14H2,1H3,(H,22,24)(H,23,25)/b10-7+. The number of nitrogens with zero attached hydrogens (tertiary/aromatic N) is 1. The van der Waals surface area contributed by atoms with Gasteiger partial charge in [0, 0.05) is 18.3 Å². The number of methoxy groups -OCH3 is 1. The van der Waals surface area contributed by atoms with Crippen LogP contribution in [0, 0.1) is 11.3 Å². The molecule has 0 bridgehead atoms. The maximum absolute atomic E-state index is 11.9. The van der Waals surface area contributed by atoms with Gasteiger partial charge in [-0.1, -0.05) is 24.3 Å². The number of carbonyl (C=O) groups is 2. The number of benzene rings is 2. The first-order valence-electron chi connectivity index (χ1n) is 7.96. The van der Waals surface area contributed by atoms with E-state index in [-0.39, 0.29) is 18.2 Å². The van der Waals surface area contributed by atoms with Gasteiger partial charge in [0.25, 0.3) is 0 Å². The summed E-state index contributed by atoms with van der Waals surface area (Å²) < 4.78 is 5.08. The van der Waals surface area contributed by atoms with Crippen LogP contribution in [0.3, 0.4) is 0 Å². The van der Waals surface area contributed by atoms with E-state index in [0.29, 0.717) is 12.2 Å². The van der Waals surface area contributed by atoms with Crippen molar-refractivity contribution >= 4 is 23.6 Å². The van der Waals surface area contributed by atoms with Gasteiger partial charge < -0.3 is 15.4 Å². The van der Waals surface area contributed by atoms with E-state index < -0.39 is 0 Å². The number of nitrogens with one attached hydrogen (secondary N) is 2. The van der Waals surface area contributed by atoms with E-state index in [2.05, 4.69) is 10.6 Å². The molecule has 26 heavy (non-hydrogen) atoms. The van der Waals surface area contributed by atoms with Gasteiger partial charge in [0.15, 0.2) is 0 Å². The SMILES string of the molecule is COc1ccc(/C=C/C(=O)NCc2cccc(NC(=O)CC#N)c2)cc1. The van der Waals surface area contributed by atoms with E-state index in [1.165, 1.54) is 6.08 Å². The van der Waals surface area contributed by atoms with Crippen LogP contribution in [0.2, 0.25) is 0 Å². The average molecular weight is 349 g/mol. The molecule has 0 saturated carbocycles. The van der Waals surface area contributed by atoms with Crippen LogP contribution in [0.1, 0.15) is 17.5 Å². The summed E-state index contributed by atoms with van der Waals surface area (Å²) in [6.45, 7) is 0.327. The molecule has 2 aromatic rings. The molecular formula is C20H19N3O3. The third kappa shape index (κ3) is 6.13. The molecule has 2 rings (SSSR count). The Bertz CT molecular complexity index is 836. The van der Waals surface area contributed by atoms with Crippen LogP contribution in [0.5, 0.6) is 5.75 Å². The normalized spacial score (nSPS) is 10.2. The Hall–Kier alpha value is -3.59. The highest BCUT2D eigenvalue weighted by Crippen LogP contribution is 2.13. The largest absolute Gasteiger partial charge is 0.497 e. The molecule has 0 heterocycles. The molecule has 2 N–H and O–H groups in total. The fraction of sp³-hybridized carbons (Fsp3) is 0.150. The van der Waals surface area contributed by atoms with Crippen LogP contribution in [0.25, 0.3) is 6.08 Å². The Kier molecular flexibility index (Phi) is 6.95. The summed E-state index contributed by atoms with van der Waals surface area (Å²) in [5.74, 6) is 0.171. The summed E-state index contributed by atoms with van der Waals surface area (Å²) in [4.78, 5) is 23.4. The Morgan fingerprint density at radius 1 is 1.19 bits per heavy atom. The van der Waals surface area contributed by atoms with Crippen molar-refractivity contribution in [1.82, 2.24) is 5.32 Å². The van der Waals surface area contributed by atoms with Crippen molar-refractivity contribution in [3.8, 4) is 11.8 Å². The van der Waals surface area contributed by atoms with E-state index in [1.807, 2.05) is 30.3 Å². The van der Waals surface area contributed by atoms with Gasteiger partial charge >= 0.3 is 0 Å². The zero-order chi connectivity index (χ0) is 18.8. The lowest BCUT2D eigenvalue weighted by Gasteiger charge is -2.07. The van der Waals surface area contributed by atoms with Crippen LogP contribution in [-0.2, 0) is 16.1 Å². The molecule has 6 nitrogen and oxygen atoms in total. The lowest BCUT2D eigenvalue weighted by molar-refractivity contribution is -0.117. The van der Waals surface area contributed by atoms with Gasteiger partial charge in [0.2, 0.25) is 11.8 Å². The van der Waals surface area contributed by atoms with E-state index in [1.54, 1.807) is 37.5 Å². The molecule has 0 spiro atoms. The quantitative estimate of drug-likeness (QED) is 0.752. The van der Waals surface area contributed by atoms with Gasteiger partial charge in [-0.2, -0.15) is 5.26 Å². The van der Waals surface area contributed by atoms with Gasteiger partial charge in [-0.15, -0.1) is 0 Å². The summed E-state index contributed by atoms with van der Waals surface area (Å²) in [5, 5.41) is 13.9. The number of anilines is 1. The molecule has 2 amide bonds. The minimum Gasteiger partial charge on any atom is -0.497 e. The molecule has 0 fully saturated rings. The van der Waals surface area contributed by atoms with Gasteiger partial charge in [-0.25, -0.2) is 0 Å². The molecule has 0 aliphatic heterocycles. The molecule has 0 aliphatic carbocycles. The van der Waals surface area contributed by atoms with Crippen molar-refractivity contribution in [2.45, 2.75) is 13.0 Å². The van der Waals surface area contributed by atoms with Gasteiger partial charge in [0.1, 0.15) is 12.2 Å². The molecule has 0 saturated heterocycles. The first kappa shape index (κ1) is 18.7. The first-order valence-corrected chi connectivity index (χ1v) is 7.96. The molecule has 0 aliphatic rings. The highest BCUT2D eigenvalue weighted by Gasteiger charge is 2.03. The first-order chi connectivity index (χ1) is 12.6. The average Bonchev–Trinajstić information content (AvgIpc) is 2.65. The zero-order valence-corrected chi connectivity index (χ0v) is 14.4. The Balaban J connectivity index is 1.87. The Morgan fingerprint density at radius 2 is 1.96 bits per heavy atom. The molecular weight excluding hydrogens is 330 g/mol. The number of amides is 2. The number of hydrogen-bond donors (Lipinski definition) is 2. The molecule has 132 valence electrons. The third-order valence-electron chi connectivity index (χ3n) is 3.46.